The lowest BCUT2D eigenvalue weighted by atomic mass is 10.2. The number of hydrogen-bond acceptors (Lipinski definition) is 2. The summed E-state index contributed by atoms with van der Waals surface area (Å²) in [5.41, 5.74) is 1.00. The molecule has 1 aromatic carbocycles. The molecule has 1 unspecified atom stereocenters. The normalized spacial score (nSPS) is 13.1. The van der Waals surface area contributed by atoms with Crippen molar-refractivity contribution in [2.45, 2.75) is 37.5 Å². The number of rotatable bonds is 5. The lowest BCUT2D eigenvalue weighted by Crippen LogP contribution is -2.07. The number of nitrogens with one attached hydrogen (secondary N) is 1. The fourth-order valence-electron chi connectivity index (χ4n) is 1.35. The summed E-state index contributed by atoms with van der Waals surface area (Å²) in [5.74, 6) is 0.451. The van der Waals surface area contributed by atoms with Crippen LogP contribution in [0.3, 0.4) is 0 Å². The van der Waals surface area contributed by atoms with Crippen molar-refractivity contribution in [1.82, 2.24) is 5.32 Å². The molecule has 90 valence electrons. The molecule has 0 aliphatic rings. The van der Waals surface area contributed by atoms with E-state index in [1.165, 1.54) is 0 Å². The van der Waals surface area contributed by atoms with Gasteiger partial charge >= 0.3 is 0 Å². The van der Waals surface area contributed by atoms with Gasteiger partial charge in [0, 0.05) is 16.7 Å². The predicted molar refractivity (Wildman–Crippen MR) is 69.3 cm³/mol. The van der Waals surface area contributed by atoms with Gasteiger partial charge < -0.3 is 5.32 Å². The van der Waals surface area contributed by atoms with Gasteiger partial charge in [-0.3, -0.25) is 0 Å². The third kappa shape index (κ3) is 4.14. The van der Waals surface area contributed by atoms with Crippen molar-refractivity contribution in [3.63, 3.8) is 0 Å². The molecule has 1 N–H and O–H groups in total. The van der Waals surface area contributed by atoms with Gasteiger partial charge in [-0.15, -0.1) is 11.8 Å². The van der Waals surface area contributed by atoms with Gasteiger partial charge in [0.25, 0.3) is 0 Å². The van der Waals surface area contributed by atoms with Crippen molar-refractivity contribution in [2.75, 3.05) is 7.05 Å². The first kappa shape index (κ1) is 13.5. The maximum Gasteiger partial charge on any atom is 0.124 e. The van der Waals surface area contributed by atoms with Crippen LogP contribution in [0.5, 0.6) is 0 Å². The minimum Gasteiger partial charge on any atom is -0.316 e. The molecule has 3 heteroatoms. The Hall–Kier alpha value is -0.540. The van der Waals surface area contributed by atoms with Gasteiger partial charge in [0.05, 0.1) is 0 Å². The highest BCUT2D eigenvalue weighted by atomic mass is 32.2. The number of halogens is 1. The second kappa shape index (κ2) is 6.26. The summed E-state index contributed by atoms with van der Waals surface area (Å²) in [6.45, 7) is 7.26. The molecule has 1 rings (SSSR count). The summed E-state index contributed by atoms with van der Waals surface area (Å²) in [5, 5.41) is 3.54. The Bertz CT molecular complexity index is 339. The first-order valence-corrected chi connectivity index (χ1v) is 6.51. The summed E-state index contributed by atoms with van der Waals surface area (Å²) in [6.07, 6.45) is 0. The van der Waals surface area contributed by atoms with Crippen LogP contribution in [-0.2, 0) is 6.54 Å². The van der Waals surface area contributed by atoms with Gasteiger partial charge in [0.15, 0.2) is 0 Å². The Labute approximate surface area is 102 Å². The van der Waals surface area contributed by atoms with Crippen molar-refractivity contribution in [3.05, 3.63) is 29.6 Å². The van der Waals surface area contributed by atoms with Gasteiger partial charge in [-0.1, -0.05) is 20.8 Å². The molecule has 0 aliphatic carbocycles. The van der Waals surface area contributed by atoms with E-state index in [9.17, 15) is 4.39 Å². The minimum absolute atomic E-state index is 0.147. The smallest absolute Gasteiger partial charge is 0.124 e. The van der Waals surface area contributed by atoms with E-state index in [1.807, 2.05) is 7.05 Å². The van der Waals surface area contributed by atoms with Crippen LogP contribution in [0.4, 0.5) is 4.39 Å². The number of hydrogen-bond donors (Lipinski definition) is 1. The maximum absolute atomic E-state index is 13.4. The molecule has 0 saturated heterocycles. The van der Waals surface area contributed by atoms with Crippen LogP contribution in [0.15, 0.2) is 23.1 Å². The second-order valence-electron chi connectivity index (χ2n) is 4.39. The van der Waals surface area contributed by atoms with E-state index >= 15 is 0 Å². The lowest BCUT2D eigenvalue weighted by molar-refractivity contribution is 0.618. The molecule has 0 bridgehead atoms. The predicted octanol–water partition coefficient (Wildman–Crippen LogP) is 3.68. The topological polar surface area (TPSA) is 12.0 Å². The standard InChI is InChI=1S/C13H20FNS/c1-9(2)10(3)16-13-6-11(8-15-4)5-12(14)7-13/h5-7,9-10,15H,8H2,1-4H3. The summed E-state index contributed by atoms with van der Waals surface area (Å²) >= 11 is 1.74. The molecular weight excluding hydrogens is 221 g/mol. The highest BCUT2D eigenvalue weighted by Gasteiger charge is 2.10. The van der Waals surface area contributed by atoms with E-state index in [0.29, 0.717) is 17.7 Å². The zero-order valence-corrected chi connectivity index (χ0v) is 11.2. The van der Waals surface area contributed by atoms with E-state index in [1.54, 1.807) is 23.9 Å². The van der Waals surface area contributed by atoms with Gasteiger partial charge in [-0.25, -0.2) is 4.39 Å². The van der Waals surface area contributed by atoms with E-state index in [4.69, 9.17) is 0 Å². The number of thioether (sulfide) groups is 1. The zero-order chi connectivity index (χ0) is 12.1. The monoisotopic (exact) mass is 241 g/mol. The molecule has 0 aliphatic heterocycles. The van der Waals surface area contributed by atoms with Crippen LogP contribution in [0.2, 0.25) is 0 Å². The third-order valence-electron chi connectivity index (χ3n) is 2.57. The quantitative estimate of drug-likeness (QED) is 0.789. The maximum atomic E-state index is 13.4. The largest absolute Gasteiger partial charge is 0.316 e. The van der Waals surface area contributed by atoms with Gasteiger partial charge in [-0.05, 0) is 36.7 Å². The molecule has 1 aromatic rings. The molecule has 0 spiro atoms. The van der Waals surface area contributed by atoms with Gasteiger partial charge in [0.2, 0.25) is 0 Å². The van der Waals surface area contributed by atoms with E-state index < -0.39 is 0 Å². The highest BCUT2D eigenvalue weighted by Crippen LogP contribution is 2.29. The molecule has 0 heterocycles. The molecule has 1 atom stereocenters. The second-order valence-corrected chi connectivity index (χ2v) is 5.84. The molecule has 0 aromatic heterocycles. The van der Waals surface area contributed by atoms with E-state index in [2.05, 4.69) is 32.2 Å². The average molecular weight is 241 g/mol. The van der Waals surface area contributed by atoms with E-state index in [-0.39, 0.29) is 5.82 Å². The molecule has 0 saturated carbocycles. The molecule has 0 radical (unpaired) electrons. The Balaban J connectivity index is 2.79. The minimum atomic E-state index is -0.147. The molecule has 16 heavy (non-hydrogen) atoms. The summed E-state index contributed by atoms with van der Waals surface area (Å²) in [4.78, 5) is 1.02. The fraction of sp³-hybridized carbons (Fsp3) is 0.538. The highest BCUT2D eigenvalue weighted by molar-refractivity contribution is 8.00. The third-order valence-corrected chi connectivity index (χ3v) is 4.00. The Morgan fingerprint density at radius 2 is 1.94 bits per heavy atom. The van der Waals surface area contributed by atoms with Gasteiger partial charge in [-0.2, -0.15) is 0 Å². The lowest BCUT2D eigenvalue weighted by Gasteiger charge is -2.15. The SMILES string of the molecule is CNCc1cc(F)cc(SC(C)C(C)C)c1. The van der Waals surface area contributed by atoms with E-state index in [0.717, 1.165) is 10.5 Å². The van der Waals surface area contributed by atoms with Crippen molar-refractivity contribution < 1.29 is 4.39 Å². The molecule has 1 nitrogen and oxygen atoms in total. The zero-order valence-electron chi connectivity index (χ0n) is 10.4. The molecular formula is C13H20FNS. The van der Waals surface area contributed by atoms with Crippen molar-refractivity contribution in [2.24, 2.45) is 5.92 Å². The molecule has 0 amide bonds. The summed E-state index contributed by atoms with van der Waals surface area (Å²) in [6, 6.07) is 5.26. The fourth-order valence-corrected chi connectivity index (χ4v) is 2.45. The van der Waals surface area contributed by atoms with Crippen molar-refractivity contribution >= 4 is 11.8 Å². The first-order chi connectivity index (χ1) is 7.52. The van der Waals surface area contributed by atoms with Crippen LogP contribution >= 0.6 is 11.8 Å². The Morgan fingerprint density at radius 3 is 2.50 bits per heavy atom. The van der Waals surface area contributed by atoms with Crippen LogP contribution < -0.4 is 5.32 Å². The average Bonchev–Trinajstić information content (AvgIpc) is 2.16. The van der Waals surface area contributed by atoms with Crippen LogP contribution in [0.25, 0.3) is 0 Å². The van der Waals surface area contributed by atoms with Crippen LogP contribution in [0, 0.1) is 11.7 Å². The number of benzene rings is 1. The van der Waals surface area contributed by atoms with Crippen LogP contribution in [0.1, 0.15) is 26.3 Å². The summed E-state index contributed by atoms with van der Waals surface area (Å²) < 4.78 is 13.4. The Kier molecular flexibility index (Phi) is 5.29. The van der Waals surface area contributed by atoms with Crippen molar-refractivity contribution in [1.29, 1.82) is 0 Å². The molecule has 0 fully saturated rings. The van der Waals surface area contributed by atoms with Crippen LogP contribution in [-0.4, -0.2) is 12.3 Å². The van der Waals surface area contributed by atoms with Gasteiger partial charge in [0.1, 0.15) is 5.82 Å². The van der Waals surface area contributed by atoms with Crippen molar-refractivity contribution in [3.8, 4) is 0 Å². The summed E-state index contributed by atoms with van der Waals surface area (Å²) in [7, 11) is 1.87. The first-order valence-electron chi connectivity index (χ1n) is 5.63. The Morgan fingerprint density at radius 1 is 1.25 bits per heavy atom.